The SMILES string of the molecule is NS(=O)(=O)OC[C@@H]1CC[C@H](Nc2ncncc2C(=O)c2cc(Cn3cc(C(F)(F)F)cn3)cs2)C1. The molecular weight excluding hydrogens is 509 g/mol. The zero-order valence-electron chi connectivity index (χ0n) is 18.1. The van der Waals surface area contributed by atoms with Gasteiger partial charge in [0.05, 0.1) is 35.4 Å². The predicted octanol–water partition coefficient (Wildman–Crippen LogP) is 2.83. The molecule has 4 rings (SSSR count). The van der Waals surface area contributed by atoms with Gasteiger partial charge in [-0.15, -0.1) is 11.3 Å². The summed E-state index contributed by atoms with van der Waals surface area (Å²) < 4.78 is 66.2. The minimum atomic E-state index is -4.47. The number of alkyl halides is 3. The summed E-state index contributed by atoms with van der Waals surface area (Å²) in [6.45, 7) is 0.0750. The molecule has 0 radical (unpaired) electrons. The predicted molar refractivity (Wildman–Crippen MR) is 120 cm³/mol. The first-order valence-corrected chi connectivity index (χ1v) is 12.8. The molecule has 0 aliphatic heterocycles. The molecule has 3 heterocycles. The summed E-state index contributed by atoms with van der Waals surface area (Å²) >= 11 is 1.16. The van der Waals surface area contributed by atoms with Crippen molar-refractivity contribution in [2.75, 3.05) is 11.9 Å². The van der Waals surface area contributed by atoms with E-state index in [2.05, 4.69) is 24.6 Å². The van der Waals surface area contributed by atoms with Crippen molar-refractivity contribution >= 4 is 33.2 Å². The zero-order valence-corrected chi connectivity index (χ0v) is 19.7. The van der Waals surface area contributed by atoms with Crippen LogP contribution in [0.4, 0.5) is 19.0 Å². The summed E-state index contributed by atoms with van der Waals surface area (Å²) in [6.07, 6.45) is 1.96. The number of halogens is 3. The van der Waals surface area contributed by atoms with Gasteiger partial charge in [0.15, 0.2) is 0 Å². The van der Waals surface area contributed by atoms with Crippen molar-refractivity contribution in [1.29, 1.82) is 0 Å². The quantitative estimate of drug-likeness (QED) is 0.402. The van der Waals surface area contributed by atoms with Gasteiger partial charge in [-0.3, -0.25) is 13.7 Å². The molecule has 1 aliphatic carbocycles. The fourth-order valence-electron chi connectivity index (χ4n) is 3.85. The van der Waals surface area contributed by atoms with E-state index in [9.17, 15) is 26.4 Å². The van der Waals surface area contributed by atoms with Gasteiger partial charge in [0.1, 0.15) is 12.1 Å². The molecule has 0 aromatic carbocycles. The molecule has 3 aromatic rings. The second-order valence-electron chi connectivity index (χ2n) is 8.16. The molecule has 10 nitrogen and oxygen atoms in total. The van der Waals surface area contributed by atoms with Crippen molar-refractivity contribution in [1.82, 2.24) is 19.7 Å². The molecule has 0 spiro atoms. The number of carbonyl (C=O) groups excluding carboxylic acids is 1. The number of aromatic nitrogens is 4. The maximum Gasteiger partial charge on any atom is 0.419 e. The normalized spacial score (nSPS) is 18.6. The number of thiophene rings is 1. The molecule has 3 N–H and O–H groups in total. The molecule has 0 bridgehead atoms. The third kappa shape index (κ3) is 6.62. The van der Waals surface area contributed by atoms with Gasteiger partial charge in [0, 0.05) is 18.4 Å². The van der Waals surface area contributed by atoms with Crippen molar-refractivity contribution in [3.63, 3.8) is 0 Å². The fourth-order valence-corrected chi connectivity index (χ4v) is 5.09. The largest absolute Gasteiger partial charge is 0.419 e. The maximum atomic E-state index is 13.1. The summed E-state index contributed by atoms with van der Waals surface area (Å²) in [4.78, 5) is 21.7. The summed E-state index contributed by atoms with van der Waals surface area (Å²) in [7, 11) is -4.00. The Morgan fingerprint density at radius 1 is 1.31 bits per heavy atom. The Kier molecular flexibility index (Phi) is 7.21. The Morgan fingerprint density at radius 3 is 2.83 bits per heavy atom. The first-order chi connectivity index (χ1) is 16.5. The van der Waals surface area contributed by atoms with Crippen LogP contribution in [0, 0.1) is 5.92 Å². The number of nitrogens with zero attached hydrogens (tertiary/aromatic N) is 4. The van der Waals surface area contributed by atoms with E-state index in [1.165, 1.54) is 12.5 Å². The summed E-state index contributed by atoms with van der Waals surface area (Å²) in [5.74, 6) is 0.0135. The van der Waals surface area contributed by atoms with Gasteiger partial charge in [-0.2, -0.15) is 26.7 Å². The zero-order chi connectivity index (χ0) is 25.2. The van der Waals surface area contributed by atoms with Crippen molar-refractivity contribution in [3.05, 3.63) is 57.9 Å². The Bertz CT molecular complexity index is 1310. The topological polar surface area (TPSA) is 142 Å². The Balaban J connectivity index is 1.41. The van der Waals surface area contributed by atoms with Crippen LogP contribution in [0.15, 0.2) is 36.4 Å². The molecule has 2 atom stereocenters. The van der Waals surface area contributed by atoms with Gasteiger partial charge in [-0.25, -0.2) is 15.1 Å². The molecule has 188 valence electrons. The van der Waals surface area contributed by atoms with Crippen LogP contribution in [0.3, 0.4) is 0 Å². The Morgan fingerprint density at radius 2 is 2.11 bits per heavy atom. The van der Waals surface area contributed by atoms with Crippen molar-refractivity contribution in [2.24, 2.45) is 11.1 Å². The first-order valence-electron chi connectivity index (χ1n) is 10.4. The molecule has 1 aliphatic rings. The smallest absolute Gasteiger partial charge is 0.367 e. The number of hydrogen-bond donors (Lipinski definition) is 2. The molecule has 1 fully saturated rings. The van der Waals surface area contributed by atoms with Crippen molar-refractivity contribution in [3.8, 4) is 0 Å². The molecule has 0 saturated heterocycles. The van der Waals surface area contributed by atoms with Crippen molar-refractivity contribution < 1.29 is 30.6 Å². The minimum Gasteiger partial charge on any atom is -0.367 e. The van der Waals surface area contributed by atoms with E-state index >= 15 is 0 Å². The highest BCUT2D eigenvalue weighted by Gasteiger charge is 2.32. The first kappa shape index (κ1) is 25.2. The average molecular weight is 531 g/mol. The summed E-state index contributed by atoms with van der Waals surface area (Å²) in [5.41, 5.74) is 0.0464. The van der Waals surface area contributed by atoms with E-state index in [1.807, 2.05) is 0 Å². The third-order valence-corrected chi connectivity index (χ3v) is 6.93. The average Bonchev–Trinajstić information content (AvgIpc) is 3.53. The van der Waals surface area contributed by atoms with Gasteiger partial charge in [-0.05, 0) is 42.2 Å². The third-order valence-electron chi connectivity index (χ3n) is 5.49. The van der Waals surface area contributed by atoms with Crippen molar-refractivity contribution in [2.45, 2.75) is 38.0 Å². The molecule has 1 saturated carbocycles. The number of nitrogens with two attached hydrogens (primary N) is 1. The van der Waals surface area contributed by atoms with Crippen LogP contribution in [0.5, 0.6) is 0 Å². The lowest BCUT2D eigenvalue weighted by atomic mass is 10.1. The number of rotatable bonds is 9. The number of carbonyl (C=O) groups is 1. The lowest BCUT2D eigenvalue weighted by molar-refractivity contribution is -0.137. The van der Waals surface area contributed by atoms with E-state index in [1.54, 1.807) is 11.4 Å². The number of anilines is 1. The van der Waals surface area contributed by atoms with Crippen LogP contribution >= 0.6 is 11.3 Å². The lowest BCUT2D eigenvalue weighted by Gasteiger charge is -2.15. The van der Waals surface area contributed by atoms with E-state index in [0.29, 0.717) is 22.7 Å². The molecule has 0 unspecified atom stereocenters. The Hall–Kier alpha value is -2.88. The molecule has 15 heteroatoms. The summed E-state index contributed by atoms with van der Waals surface area (Å²) in [5, 5.41) is 13.5. The molecule has 3 aromatic heterocycles. The number of ketones is 1. The number of nitrogens with one attached hydrogen (secondary N) is 1. The van der Waals surface area contributed by atoms with Crippen LogP contribution in [-0.2, 0) is 27.2 Å². The minimum absolute atomic E-state index is 0.00757. The standard InChI is InChI=1S/C20H21F3N6O4S2/c21-20(22,23)14-5-27-29(8-14)7-13-4-17(34-10-13)18(30)16-6-25-11-26-19(16)28-15-2-1-12(3-15)9-33-35(24,31)32/h4-6,8,10-12,15H,1-3,7,9H2,(H2,24,31,32)(H,25,26,28)/t12-,15+/m1/s1. The van der Waals surface area contributed by atoms with Crippen LogP contribution in [-0.4, -0.2) is 46.6 Å². The highest BCUT2D eigenvalue weighted by molar-refractivity contribution is 7.84. The van der Waals surface area contributed by atoms with E-state index in [0.717, 1.165) is 41.3 Å². The second kappa shape index (κ2) is 10.0. The second-order valence-corrected chi connectivity index (χ2v) is 10.3. The molecular formula is C20H21F3N6O4S2. The fraction of sp³-hybridized carbons (Fsp3) is 0.400. The van der Waals surface area contributed by atoms with Crippen LogP contribution < -0.4 is 10.5 Å². The van der Waals surface area contributed by atoms with Gasteiger partial charge >= 0.3 is 16.5 Å². The van der Waals surface area contributed by atoms with E-state index in [4.69, 9.17) is 5.14 Å². The molecule has 0 amide bonds. The summed E-state index contributed by atoms with van der Waals surface area (Å²) in [6, 6.07) is 1.56. The van der Waals surface area contributed by atoms with Gasteiger partial charge in [0.2, 0.25) is 5.78 Å². The molecule has 35 heavy (non-hydrogen) atoms. The van der Waals surface area contributed by atoms with E-state index < -0.39 is 22.0 Å². The van der Waals surface area contributed by atoms with Crippen LogP contribution in [0.1, 0.15) is 45.6 Å². The van der Waals surface area contributed by atoms with Crippen LogP contribution in [0.25, 0.3) is 0 Å². The lowest BCUT2D eigenvalue weighted by Crippen LogP contribution is -2.22. The monoisotopic (exact) mass is 530 g/mol. The highest BCUT2D eigenvalue weighted by atomic mass is 32.2. The highest BCUT2D eigenvalue weighted by Crippen LogP contribution is 2.31. The van der Waals surface area contributed by atoms with Gasteiger partial charge in [0.25, 0.3) is 0 Å². The maximum absolute atomic E-state index is 13.1. The van der Waals surface area contributed by atoms with Gasteiger partial charge in [-0.1, -0.05) is 0 Å². The van der Waals surface area contributed by atoms with Gasteiger partial charge < -0.3 is 5.32 Å². The number of hydrogen-bond acceptors (Lipinski definition) is 9. The van der Waals surface area contributed by atoms with E-state index in [-0.39, 0.29) is 36.5 Å². The van der Waals surface area contributed by atoms with Crippen LogP contribution in [0.2, 0.25) is 0 Å². The Labute approximate surface area is 202 Å².